The molecule has 3 amide bonds. The minimum atomic E-state index is -1.02. The zero-order chi connectivity index (χ0) is 20.0. The van der Waals surface area contributed by atoms with Crippen LogP contribution >= 0.6 is 0 Å². The first-order valence-corrected chi connectivity index (χ1v) is 8.86. The van der Waals surface area contributed by atoms with E-state index in [1.807, 2.05) is 31.2 Å². The summed E-state index contributed by atoms with van der Waals surface area (Å²) < 4.78 is 0. The monoisotopic (exact) mass is 377 g/mol. The van der Waals surface area contributed by atoms with Crippen molar-refractivity contribution in [3.05, 3.63) is 76.5 Å². The highest BCUT2D eigenvalue weighted by molar-refractivity contribution is 6.11. The molecular formula is C21H19N3O4. The number of rotatable bonds is 3. The van der Waals surface area contributed by atoms with Crippen LogP contribution in [0, 0.1) is 6.92 Å². The summed E-state index contributed by atoms with van der Waals surface area (Å²) >= 11 is 0. The van der Waals surface area contributed by atoms with Gasteiger partial charge in [-0.1, -0.05) is 29.8 Å². The lowest BCUT2D eigenvalue weighted by molar-refractivity contribution is -0.114. The number of carboxylic acids is 1. The lowest BCUT2D eigenvalue weighted by Crippen LogP contribution is -2.45. The molecule has 0 unspecified atom stereocenters. The Labute approximate surface area is 161 Å². The van der Waals surface area contributed by atoms with Crippen molar-refractivity contribution in [3.8, 4) is 0 Å². The largest absolute Gasteiger partial charge is 0.478 e. The summed E-state index contributed by atoms with van der Waals surface area (Å²) in [6, 6.07) is 13.1. The van der Waals surface area contributed by atoms with E-state index < -0.39 is 12.0 Å². The molecule has 4 rings (SSSR count). The summed E-state index contributed by atoms with van der Waals surface area (Å²) in [5.74, 6) is -1.22. The van der Waals surface area contributed by atoms with Crippen LogP contribution < -0.4 is 10.2 Å². The van der Waals surface area contributed by atoms with E-state index in [1.54, 1.807) is 24.1 Å². The average molecular weight is 377 g/mol. The topological polar surface area (TPSA) is 90.0 Å². The second-order valence-electron chi connectivity index (χ2n) is 6.96. The molecule has 2 aromatic carbocycles. The van der Waals surface area contributed by atoms with Crippen LogP contribution in [0.4, 0.5) is 10.5 Å². The highest BCUT2D eigenvalue weighted by Crippen LogP contribution is 2.37. The van der Waals surface area contributed by atoms with Crippen LogP contribution in [-0.4, -0.2) is 41.5 Å². The van der Waals surface area contributed by atoms with Crippen LogP contribution in [-0.2, 0) is 4.79 Å². The summed E-state index contributed by atoms with van der Waals surface area (Å²) in [4.78, 5) is 39.8. The van der Waals surface area contributed by atoms with Gasteiger partial charge in [0.2, 0.25) is 0 Å². The number of carboxylic acid groups (broad SMARTS) is 1. The van der Waals surface area contributed by atoms with Gasteiger partial charge in [0.05, 0.1) is 29.4 Å². The van der Waals surface area contributed by atoms with Crippen LogP contribution in [0.2, 0.25) is 0 Å². The summed E-state index contributed by atoms with van der Waals surface area (Å²) in [5.41, 5.74) is 3.87. The van der Waals surface area contributed by atoms with E-state index in [4.69, 9.17) is 5.11 Å². The molecule has 0 saturated heterocycles. The third kappa shape index (κ3) is 2.81. The standard InChI is InChI=1S/C21H19N3O4/c1-12-3-5-13(6-4-12)18-17-16(23(2)21(28)22-18)11-24(19(17)25)15-9-7-14(8-10-15)20(26)27/h3-10,18H,11H2,1-2H3,(H,22,28)(H,26,27)/t18-/m1/s1. The number of nitrogens with one attached hydrogen (secondary N) is 1. The molecule has 2 aromatic rings. The highest BCUT2D eigenvalue weighted by Gasteiger charge is 2.43. The third-order valence-corrected chi connectivity index (χ3v) is 5.20. The molecule has 2 aliphatic rings. The van der Waals surface area contributed by atoms with Crippen molar-refractivity contribution in [3.63, 3.8) is 0 Å². The van der Waals surface area contributed by atoms with Gasteiger partial charge in [-0.2, -0.15) is 0 Å². The van der Waals surface area contributed by atoms with Gasteiger partial charge in [0.15, 0.2) is 0 Å². The first kappa shape index (κ1) is 17.8. The minimum absolute atomic E-state index is 0.152. The summed E-state index contributed by atoms with van der Waals surface area (Å²) in [7, 11) is 1.64. The number of likely N-dealkylation sites (N-methyl/N-ethyl adjacent to an activating group) is 1. The highest BCUT2D eigenvalue weighted by atomic mass is 16.4. The van der Waals surface area contributed by atoms with E-state index in [0.717, 1.165) is 11.1 Å². The minimum Gasteiger partial charge on any atom is -0.478 e. The fourth-order valence-electron chi connectivity index (χ4n) is 3.57. The van der Waals surface area contributed by atoms with Crippen LogP contribution in [0.1, 0.15) is 27.5 Å². The molecule has 0 spiro atoms. The maximum Gasteiger partial charge on any atom is 0.335 e. The Kier molecular flexibility index (Phi) is 4.15. The SMILES string of the molecule is Cc1ccc([C@H]2NC(=O)N(C)C3=C2C(=O)N(c2ccc(C(=O)O)cc2)C3)cc1. The number of urea groups is 1. The molecule has 0 aliphatic carbocycles. The van der Waals surface area contributed by atoms with Crippen LogP contribution in [0.15, 0.2) is 59.8 Å². The summed E-state index contributed by atoms with van der Waals surface area (Å²) in [6.07, 6.45) is 0. The zero-order valence-corrected chi connectivity index (χ0v) is 15.5. The van der Waals surface area contributed by atoms with Gasteiger partial charge < -0.3 is 15.3 Å². The van der Waals surface area contributed by atoms with Crippen molar-refractivity contribution in [1.29, 1.82) is 0 Å². The Hall–Kier alpha value is -3.61. The molecule has 2 aliphatic heterocycles. The van der Waals surface area contributed by atoms with E-state index in [2.05, 4.69) is 5.32 Å². The van der Waals surface area contributed by atoms with E-state index >= 15 is 0 Å². The first-order chi connectivity index (χ1) is 13.4. The second-order valence-corrected chi connectivity index (χ2v) is 6.96. The van der Waals surface area contributed by atoms with Crippen LogP contribution in [0.25, 0.3) is 0 Å². The lowest BCUT2D eigenvalue weighted by atomic mass is 9.95. The Morgan fingerprint density at radius 3 is 2.32 bits per heavy atom. The number of amides is 3. The molecule has 2 N–H and O–H groups in total. The van der Waals surface area contributed by atoms with Gasteiger partial charge in [-0.3, -0.25) is 9.69 Å². The summed E-state index contributed by atoms with van der Waals surface area (Å²) in [6.45, 7) is 2.23. The number of aromatic carboxylic acids is 1. The van der Waals surface area contributed by atoms with E-state index in [-0.39, 0.29) is 24.0 Å². The van der Waals surface area contributed by atoms with Crippen molar-refractivity contribution >= 4 is 23.6 Å². The molecule has 0 bridgehead atoms. The van der Waals surface area contributed by atoms with Crippen LogP contribution in [0.5, 0.6) is 0 Å². The van der Waals surface area contributed by atoms with Gasteiger partial charge in [-0.25, -0.2) is 9.59 Å². The predicted octanol–water partition coefficient (Wildman–Crippen LogP) is 2.69. The maximum absolute atomic E-state index is 13.2. The Morgan fingerprint density at radius 2 is 1.71 bits per heavy atom. The number of hydrogen-bond donors (Lipinski definition) is 2. The van der Waals surface area contributed by atoms with E-state index in [1.165, 1.54) is 17.0 Å². The molecule has 0 saturated carbocycles. The number of carbonyl (C=O) groups is 3. The van der Waals surface area contributed by atoms with Crippen molar-refractivity contribution in [2.45, 2.75) is 13.0 Å². The number of hydrogen-bond acceptors (Lipinski definition) is 3. The van der Waals surface area contributed by atoms with Gasteiger partial charge in [0.1, 0.15) is 0 Å². The van der Waals surface area contributed by atoms with Crippen molar-refractivity contribution in [2.75, 3.05) is 18.5 Å². The van der Waals surface area contributed by atoms with Gasteiger partial charge in [0, 0.05) is 12.7 Å². The number of anilines is 1. The third-order valence-electron chi connectivity index (χ3n) is 5.20. The Morgan fingerprint density at radius 1 is 1.07 bits per heavy atom. The molecule has 1 atom stereocenters. The fraction of sp³-hybridized carbons (Fsp3) is 0.190. The van der Waals surface area contributed by atoms with Crippen molar-refractivity contribution in [1.82, 2.24) is 10.2 Å². The number of carbonyl (C=O) groups excluding carboxylic acids is 2. The summed E-state index contributed by atoms with van der Waals surface area (Å²) in [5, 5.41) is 12.0. The second kappa shape index (κ2) is 6.53. The average Bonchev–Trinajstić information content (AvgIpc) is 3.03. The number of aryl methyl sites for hydroxylation is 1. The van der Waals surface area contributed by atoms with Crippen molar-refractivity contribution in [2.24, 2.45) is 0 Å². The quantitative estimate of drug-likeness (QED) is 0.861. The molecule has 142 valence electrons. The van der Waals surface area contributed by atoms with E-state index in [9.17, 15) is 14.4 Å². The molecular weight excluding hydrogens is 358 g/mol. The molecule has 7 nitrogen and oxygen atoms in total. The van der Waals surface area contributed by atoms with Gasteiger partial charge >= 0.3 is 12.0 Å². The Bertz CT molecular complexity index is 1010. The molecule has 2 heterocycles. The number of nitrogens with zero attached hydrogens (tertiary/aromatic N) is 2. The number of benzene rings is 2. The normalized spacial score (nSPS) is 19.0. The fourth-order valence-corrected chi connectivity index (χ4v) is 3.57. The van der Waals surface area contributed by atoms with Crippen LogP contribution in [0.3, 0.4) is 0 Å². The van der Waals surface area contributed by atoms with Gasteiger partial charge in [-0.15, -0.1) is 0 Å². The van der Waals surface area contributed by atoms with Gasteiger partial charge in [0.25, 0.3) is 5.91 Å². The lowest BCUT2D eigenvalue weighted by Gasteiger charge is -2.31. The predicted molar refractivity (Wildman–Crippen MR) is 103 cm³/mol. The molecule has 7 heteroatoms. The molecule has 28 heavy (non-hydrogen) atoms. The molecule has 0 aromatic heterocycles. The molecule has 0 fully saturated rings. The van der Waals surface area contributed by atoms with Gasteiger partial charge in [-0.05, 0) is 36.8 Å². The zero-order valence-electron chi connectivity index (χ0n) is 15.5. The first-order valence-electron chi connectivity index (χ1n) is 8.86. The van der Waals surface area contributed by atoms with Crippen molar-refractivity contribution < 1.29 is 19.5 Å². The smallest absolute Gasteiger partial charge is 0.335 e. The Balaban J connectivity index is 1.71. The van der Waals surface area contributed by atoms with E-state index in [0.29, 0.717) is 17.0 Å². The molecule has 0 radical (unpaired) electrons. The maximum atomic E-state index is 13.2.